The van der Waals surface area contributed by atoms with Crippen molar-refractivity contribution in [3.05, 3.63) is 71.1 Å². The molecule has 1 N–H and O–H groups in total. The standard InChI is InChI=1S/C22H19N7OS/c30-20-16-14-23-29(15-6-2-1-3-7-15)19(16)25-21(26-20)27-10-12-28(13-11-27)22-24-17-8-4-5-9-18(17)31-22/h1-9,14H,10-13H2,(H,25,26,30). The molecular formula is C22H19N7OS. The van der Waals surface area contributed by atoms with Gasteiger partial charge in [-0.25, -0.2) is 9.67 Å². The fourth-order valence-corrected chi connectivity index (χ4v) is 4.94. The van der Waals surface area contributed by atoms with Gasteiger partial charge in [0.25, 0.3) is 5.56 Å². The number of benzene rings is 2. The van der Waals surface area contributed by atoms with Gasteiger partial charge in [0.1, 0.15) is 5.39 Å². The van der Waals surface area contributed by atoms with Gasteiger partial charge in [-0.2, -0.15) is 10.1 Å². The molecule has 154 valence electrons. The molecular weight excluding hydrogens is 410 g/mol. The molecule has 4 heterocycles. The fourth-order valence-electron chi connectivity index (χ4n) is 3.92. The van der Waals surface area contributed by atoms with Crippen LogP contribution in [0.2, 0.25) is 0 Å². The predicted molar refractivity (Wildman–Crippen MR) is 124 cm³/mol. The molecule has 3 aromatic heterocycles. The van der Waals surface area contributed by atoms with Crippen molar-refractivity contribution in [2.45, 2.75) is 0 Å². The normalized spacial score (nSPS) is 14.6. The number of fused-ring (bicyclic) bond motifs is 2. The average Bonchev–Trinajstić information content (AvgIpc) is 3.44. The van der Waals surface area contributed by atoms with Gasteiger partial charge in [-0.15, -0.1) is 0 Å². The van der Waals surface area contributed by atoms with Gasteiger partial charge in [-0.3, -0.25) is 9.78 Å². The number of anilines is 2. The summed E-state index contributed by atoms with van der Waals surface area (Å²) in [6, 6.07) is 17.9. The quantitative estimate of drug-likeness (QED) is 0.475. The van der Waals surface area contributed by atoms with E-state index in [0.717, 1.165) is 42.5 Å². The molecule has 1 saturated heterocycles. The van der Waals surface area contributed by atoms with Gasteiger partial charge in [0.05, 0.1) is 22.1 Å². The first-order valence-corrected chi connectivity index (χ1v) is 11.0. The molecule has 0 atom stereocenters. The van der Waals surface area contributed by atoms with E-state index in [1.165, 1.54) is 4.70 Å². The summed E-state index contributed by atoms with van der Waals surface area (Å²) in [5, 5.41) is 5.91. The molecule has 0 bridgehead atoms. The zero-order valence-electron chi connectivity index (χ0n) is 16.6. The van der Waals surface area contributed by atoms with Gasteiger partial charge in [0.15, 0.2) is 10.8 Å². The number of nitrogens with one attached hydrogen (secondary N) is 1. The Kier molecular flexibility index (Phi) is 4.20. The second kappa shape index (κ2) is 7.21. The van der Waals surface area contributed by atoms with Crippen LogP contribution in [0.1, 0.15) is 0 Å². The second-order valence-corrected chi connectivity index (χ2v) is 8.47. The van der Waals surface area contributed by atoms with Crippen molar-refractivity contribution in [2.24, 2.45) is 0 Å². The summed E-state index contributed by atoms with van der Waals surface area (Å²) in [5.41, 5.74) is 2.31. The number of piperazine rings is 1. The molecule has 1 fully saturated rings. The minimum Gasteiger partial charge on any atom is -0.345 e. The zero-order chi connectivity index (χ0) is 20.8. The van der Waals surface area contributed by atoms with Crippen molar-refractivity contribution in [3.63, 3.8) is 0 Å². The third-order valence-electron chi connectivity index (χ3n) is 5.56. The highest BCUT2D eigenvalue weighted by Gasteiger charge is 2.22. The number of aromatic nitrogens is 5. The molecule has 0 unspecified atom stereocenters. The third kappa shape index (κ3) is 3.14. The predicted octanol–water partition coefficient (Wildman–Crippen LogP) is 3.05. The van der Waals surface area contributed by atoms with Gasteiger partial charge in [0, 0.05) is 26.2 Å². The van der Waals surface area contributed by atoms with Crippen LogP contribution in [0.4, 0.5) is 11.1 Å². The van der Waals surface area contributed by atoms with Gasteiger partial charge in [0.2, 0.25) is 5.95 Å². The minimum absolute atomic E-state index is 0.171. The second-order valence-electron chi connectivity index (χ2n) is 7.46. The summed E-state index contributed by atoms with van der Waals surface area (Å²) in [7, 11) is 0. The fraction of sp³-hybridized carbons (Fsp3) is 0.182. The summed E-state index contributed by atoms with van der Waals surface area (Å²) in [5.74, 6) is 0.583. The molecule has 0 spiro atoms. The van der Waals surface area contributed by atoms with Crippen LogP contribution in [0.3, 0.4) is 0 Å². The largest absolute Gasteiger partial charge is 0.345 e. The van der Waals surface area contributed by atoms with Gasteiger partial charge in [-0.1, -0.05) is 41.7 Å². The van der Waals surface area contributed by atoms with Gasteiger partial charge >= 0.3 is 0 Å². The maximum atomic E-state index is 12.7. The van der Waals surface area contributed by atoms with E-state index < -0.39 is 0 Å². The number of H-pyrrole nitrogens is 1. The SMILES string of the molecule is O=c1[nH]c(N2CCN(c3nc4ccccc4s3)CC2)nc2c1cnn2-c1ccccc1. The lowest BCUT2D eigenvalue weighted by atomic mass is 10.3. The zero-order valence-corrected chi connectivity index (χ0v) is 17.4. The van der Waals surface area contributed by atoms with Crippen molar-refractivity contribution in [1.29, 1.82) is 0 Å². The number of aromatic amines is 1. The Morgan fingerprint density at radius 3 is 2.42 bits per heavy atom. The van der Waals surface area contributed by atoms with Crippen molar-refractivity contribution < 1.29 is 0 Å². The molecule has 0 radical (unpaired) electrons. The van der Waals surface area contributed by atoms with Crippen LogP contribution in [0.15, 0.2) is 65.6 Å². The lowest BCUT2D eigenvalue weighted by Crippen LogP contribution is -2.47. The van der Waals surface area contributed by atoms with Crippen LogP contribution < -0.4 is 15.4 Å². The lowest BCUT2D eigenvalue weighted by molar-refractivity contribution is 0.639. The van der Waals surface area contributed by atoms with Crippen LogP contribution >= 0.6 is 11.3 Å². The summed E-state index contributed by atoms with van der Waals surface area (Å²) >= 11 is 1.72. The molecule has 2 aromatic carbocycles. The van der Waals surface area contributed by atoms with Crippen molar-refractivity contribution in [1.82, 2.24) is 24.7 Å². The highest BCUT2D eigenvalue weighted by molar-refractivity contribution is 7.22. The van der Waals surface area contributed by atoms with Crippen molar-refractivity contribution in [3.8, 4) is 5.69 Å². The third-order valence-corrected chi connectivity index (χ3v) is 6.66. The Hall–Kier alpha value is -3.72. The average molecular weight is 430 g/mol. The van der Waals surface area contributed by atoms with Gasteiger partial charge < -0.3 is 9.80 Å². The Bertz CT molecular complexity index is 1400. The molecule has 0 aliphatic carbocycles. The van der Waals surface area contributed by atoms with Crippen LogP contribution in [0.5, 0.6) is 0 Å². The lowest BCUT2D eigenvalue weighted by Gasteiger charge is -2.34. The number of nitrogens with zero attached hydrogens (tertiary/aromatic N) is 6. The maximum Gasteiger partial charge on any atom is 0.263 e. The highest BCUT2D eigenvalue weighted by atomic mass is 32.1. The van der Waals surface area contributed by atoms with E-state index in [1.54, 1.807) is 22.2 Å². The number of hydrogen-bond donors (Lipinski definition) is 1. The molecule has 9 heteroatoms. The van der Waals surface area contributed by atoms with Crippen molar-refractivity contribution in [2.75, 3.05) is 36.0 Å². The molecule has 6 rings (SSSR count). The summed E-state index contributed by atoms with van der Waals surface area (Å²) in [6.07, 6.45) is 1.57. The van der Waals surface area contributed by atoms with Crippen LogP contribution in [-0.4, -0.2) is 50.9 Å². The van der Waals surface area contributed by atoms with E-state index >= 15 is 0 Å². The van der Waals surface area contributed by atoms with Crippen LogP contribution in [-0.2, 0) is 0 Å². The van der Waals surface area contributed by atoms with E-state index in [-0.39, 0.29) is 5.56 Å². The summed E-state index contributed by atoms with van der Waals surface area (Å²) in [4.78, 5) is 29.6. The van der Waals surface area contributed by atoms with Gasteiger partial charge in [-0.05, 0) is 24.3 Å². The Balaban J connectivity index is 1.28. The number of para-hydroxylation sites is 2. The Morgan fingerprint density at radius 2 is 1.61 bits per heavy atom. The molecule has 0 saturated carbocycles. The number of hydrogen-bond acceptors (Lipinski definition) is 7. The first-order valence-electron chi connectivity index (χ1n) is 10.2. The molecule has 1 aliphatic heterocycles. The molecule has 31 heavy (non-hydrogen) atoms. The Labute approximate surface area is 181 Å². The van der Waals surface area contributed by atoms with E-state index in [2.05, 4.69) is 25.9 Å². The summed E-state index contributed by atoms with van der Waals surface area (Å²) < 4.78 is 2.91. The van der Waals surface area contributed by atoms with Crippen LogP contribution in [0.25, 0.3) is 26.9 Å². The summed E-state index contributed by atoms with van der Waals surface area (Å²) in [6.45, 7) is 3.15. The van der Waals surface area contributed by atoms with E-state index in [1.807, 2.05) is 48.5 Å². The van der Waals surface area contributed by atoms with Crippen molar-refractivity contribution >= 4 is 43.7 Å². The topological polar surface area (TPSA) is 82.9 Å². The van der Waals surface area contributed by atoms with E-state index in [9.17, 15) is 4.79 Å². The smallest absolute Gasteiger partial charge is 0.263 e. The molecule has 0 amide bonds. The number of thiazole rings is 1. The molecule has 8 nitrogen and oxygen atoms in total. The molecule has 5 aromatic rings. The van der Waals surface area contributed by atoms with Crippen LogP contribution in [0, 0.1) is 0 Å². The van der Waals surface area contributed by atoms with E-state index in [0.29, 0.717) is 17.0 Å². The minimum atomic E-state index is -0.171. The van der Waals surface area contributed by atoms with E-state index in [4.69, 9.17) is 9.97 Å². The monoisotopic (exact) mass is 429 g/mol. The first kappa shape index (κ1) is 18.1. The first-order chi connectivity index (χ1) is 15.3. The Morgan fingerprint density at radius 1 is 0.871 bits per heavy atom. The number of rotatable bonds is 3. The highest BCUT2D eigenvalue weighted by Crippen LogP contribution is 2.29. The molecule has 1 aliphatic rings. The maximum absolute atomic E-state index is 12.7.